The zero-order valence-corrected chi connectivity index (χ0v) is 19.0. The van der Waals surface area contributed by atoms with Gasteiger partial charge in [-0.3, -0.25) is 9.79 Å². The van der Waals surface area contributed by atoms with Crippen LogP contribution in [0.4, 0.5) is 10.1 Å². The van der Waals surface area contributed by atoms with Crippen LogP contribution in [0.2, 0.25) is 0 Å². The number of hydrogen-bond donors (Lipinski definition) is 2. The molecular weight excluding hydrogens is 409 g/mol. The summed E-state index contributed by atoms with van der Waals surface area (Å²) in [4.78, 5) is 20.9. The molecule has 2 aromatic rings. The highest BCUT2D eigenvalue weighted by atomic mass is 19.1. The first-order valence-electron chi connectivity index (χ1n) is 10.9. The highest BCUT2D eigenvalue weighted by molar-refractivity contribution is 5.81. The third kappa shape index (κ3) is 6.35. The fraction of sp³-hybridized carbons (Fsp3) is 0.417. The molecule has 7 nitrogen and oxygen atoms in total. The van der Waals surface area contributed by atoms with Crippen molar-refractivity contribution in [3.8, 4) is 5.75 Å². The molecule has 1 aliphatic rings. The number of nitrogens with one attached hydrogen (secondary N) is 2. The molecule has 1 saturated heterocycles. The van der Waals surface area contributed by atoms with E-state index in [1.165, 1.54) is 12.1 Å². The molecule has 0 bridgehead atoms. The number of ether oxygens (including phenoxy) is 1. The molecule has 0 aliphatic carbocycles. The number of carbonyl (C=O) groups excluding carboxylic acids is 1. The second-order valence-corrected chi connectivity index (χ2v) is 7.76. The first-order chi connectivity index (χ1) is 15.5. The van der Waals surface area contributed by atoms with Gasteiger partial charge in [0.2, 0.25) is 5.91 Å². The monoisotopic (exact) mass is 441 g/mol. The average Bonchev–Trinajstić information content (AvgIpc) is 2.82. The van der Waals surface area contributed by atoms with Crippen LogP contribution in [0.1, 0.15) is 17.5 Å². The first-order valence-corrected chi connectivity index (χ1v) is 10.9. The van der Waals surface area contributed by atoms with Crippen LogP contribution in [-0.2, 0) is 11.3 Å². The maximum atomic E-state index is 13.1. The van der Waals surface area contributed by atoms with E-state index in [9.17, 15) is 9.18 Å². The van der Waals surface area contributed by atoms with E-state index in [2.05, 4.69) is 20.5 Å². The smallest absolute Gasteiger partial charge is 0.224 e. The lowest BCUT2D eigenvalue weighted by Gasteiger charge is -2.36. The molecule has 3 rings (SSSR count). The van der Waals surface area contributed by atoms with E-state index in [1.54, 1.807) is 26.3 Å². The van der Waals surface area contributed by atoms with Crippen LogP contribution in [0.5, 0.6) is 5.75 Å². The summed E-state index contributed by atoms with van der Waals surface area (Å²) in [7, 11) is 3.37. The zero-order valence-electron chi connectivity index (χ0n) is 19.0. The molecule has 32 heavy (non-hydrogen) atoms. The Labute approximate surface area is 189 Å². The Morgan fingerprint density at radius 3 is 2.47 bits per heavy atom. The summed E-state index contributed by atoms with van der Waals surface area (Å²) in [6.07, 6.45) is 0.394. The van der Waals surface area contributed by atoms with Crippen LogP contribution >= 0.6 is 0 Å². The normalized spacial score (nSPS) is 14.3. The molecule has 0 unspecified atom stereocenters. The van der Waals surface area contributed by atoms with E-state index < -0.39 is 0 Å². The lowest BCUT2D eigenvalue weighted by molar-refractivity contribution is -0.131. The number of anilines is 1. The Bertz CT molecular complexity index is 924. The summed E-state index contributed by atoms with van der Waals surface area (Å²) in [6, 6.07) is 12.6. The molecule has 8 heteroatoms. The third-order valence-electron chi connectivity index (χ3n) is 5.57. The van der Waals surface area contributed by atoms with Crippen molar-refractivity contribution in [1.82, 2.24) is 15.5 Å². The molecule has 0 saturated carbocycles. The summed E-state index contributed by atoms with van der Waals surface area (Å²) in [5.41, 5.74) is 3.17. The highest BCUT2D eigenvalue weighted by Gasteiger charge is 2.21. The van der Waals surface area contributed by atoms with E-state index in [0.717, 1.165) is 35.7 Å². The molecule has 1 heterocycles. The largest absolute Gasteiger partial charge is 0.496 e. The number of nitrogens with zero attached hydrogens (tertiary/aromatic N) is 3. The summed E-state index contributed by atoms with van der Waals surface area (Å²) >= 11 is 0. The van der Waals surface area contributed by atoms with Crippen molar-refractivity contribution in [3.05, 3.63) is 59.4 Å². The molecule has 1 aliphatic heterocycles. The van der Waals surface area contributed by atoms with Gasteiger partial charge in [-0.05, 0) is 42.8 Å². The number of aliphatic imine (C=N–C) groups is 1. The predicted molar refractivity (Wildman–Crippen MR) is 126 cm³/mol. The number of rotatable bonds is 7. The molecule has 0 atom stereocenters. The molecule has 0 radical (unpaired) electrons. The lowest BCUT2D eigenvalue weighted by Crippen LogP contribution is -2.49. The Hall–Kier alpha value is -3.29. The minimum atomic E-state index is -0.238. The molecular formula is C24H32FN5O2. The van der Waals surface area contributed by atoms with Crippen LogP contribution in [0, 0.1) is 12.7 Å². The molecule has 0 aromatic heterocycles. The average molecular weight is 442 g/mol. The van der Waals surface area contributed by atoms with Crippen LogP contribution in [0.3, 0.4) is 0 Å². The number of hydrogen-bond acceptors (Lipinski definition) is 4. The predicted octanol–water partition coefficient (Wildman–Crippen LogP) is 2.55. The molecule has 1 amide bonds. The van der Waals surface area contributed by atoms with Gasteiger partial charge in [0, 0.05) is 64.0 Å². The Kier molecular flexibility index (Phi) is 8.30. The number of methoxy groups -OCH3 is 1. The molecule has 0 spiro atoms. The van der Waals surface area contributed by atoms with Crippen molar-refractivity contribution in [1.29, 1.82) is 0 Å². The summed E-state index contributed by atoms with van der Waals surface area (Å²) in [6.45, 7) is 5.91. The maximum absolute atomic E-state index is 13.1. The number of carbonyl (C=O) groups is 1. The van der Waals surface area contributed by atoms with Crippen LogP contribution in [0.15, 0.2) is 47.5 Å². The minimum absolute atomic E-state index is 0.118. The van der Waals surface area contributed by atoms with Crippen LogP contribution in [-0.4, -0.2) is 63.6 Å². The zero-order chi connectivity index (χ0) is 22.9. The van der Waals surface area contributed by atoms with Gasteiger partial charge >= 0.3 is 0 Å². The fourth-order valence-electron chi connectivity index (χ4n) is 3.71. The van der Waals surface area contributed by atoms with Crippen LogP contribution in [0.25, 0.3) is 0 Å². The van der Waals surface area contributed by atoms with Gasteiger partial charge in [0.25, 0.3) is 0 Å². The van der Waals surface area contributed by atoms with Gasteiger partial charge < -0.3 is 25.2 Å². The number of guanidine groups is 1. The summed E-state index contributed by atoms with van der Waals surface area (Å²) < 4.78 is 18.6. The minimum Gasteiger partial charge on any atom is -0.496 e. The Morgan fingerprint density at radius 1 is 1.09 bits per heavy atom. The van der Waals surface area contributed by atoms with Crippen molar-refractivity contribution in [3.63, 3.8) is 0 Å². The fourth-order valence-corrected chi connectivity index (χ4v) is 3.71. The second kappa shape index (κ2) is 11.4. The van der Waals surface area contributed by atoms with Crippen molar-refractivity contribution >= 4 is 17.6 Å². The van der Waals surface area contributed by atoms with E-state index in [0.29, 0.717) is 38.6 Å². The molecule has 1 fully saturated rings. The number of benzene rings is 2. The van der Waals surface area contributed by atoms with E-state index >= 15 is 0 Å². The number of piperazine rings is 1. The van der Waals surface area contributed by atoms with Gasteiger partial charge in [-0.1, -0.05) is 12.1 Å². The van der Waals surface area contributed by atoms with Crippen LogP contribution < -0.4 is 20.3 Å². The highest BCUT2D eigenvalue weighted by Crippen LogP contribution is 2.19. The standard InChI is InChI=1S/C24H32FN5O2/c1-18-4-5-19(22(16-18)32-3)17-28-24(26-2)27-11-10-23(31)30-14-12-29(13-15-30)21-8-6-20(25)7-9-21/h4-9,16H,10-15,17H2,1-3H3,(H2,26,27,28). The van der Waals surface area contributed by atoms with Crippen molar-refractivity contribution in [2.45, 2.75) is 19.9 Å². The van der Waals surface area contributed by atoms with Gasteiger partial charge in [0.15, 0.2) is 5.96 Å². The third-order valence-corrected chi connectivity index (χ3v) is 5.57. The molecule has 2 N–H and O–H groups in total. The SMILES string of the molecule is CN=C(NCCC(=O)N1CCN(c2ccc(F)cc2)CC1)NCc1ccc(C)cc1OC. The van der Waals surface area contributed by atoms with E-state index in [-0.39, 0.29) is 11.7 Å². The topological polar surface area (TPSA) is 69.2 Å². The van der Waals surface area contributed by atoms with E-state index in [4.69, 9.17) is 4.74 Å². The van der Waals surface area contributed by atoms with Gasteiger partial charge in [-0.2, -0.15) is 0 Å². The van der Waals surface area contributed by atoms with Crippen molar-refractivity contribution in [2.75, 3.05) is 51.8 Å². The van der Waals surface area contributed by atoms with E-state index in [1.807, 2.05) is 30.0 Å². The van der Waals surface area contributed by atoms with Gasteiger partial charge in [-0.25, -0.2) is 4.39 Å². The first kappa shape index (κ1) is 23.4. The summed E-state index contributed by atoms with van der Waals surface area (Å²) in [5.74, 6) is 1.36. The van der Waals surface area contributed by atoms with Gasteiger partial charge in [0.1, 0.15) is 11.6 Å². The Balaban J connectivity index is 1.39. The number of halogens is 1. The number of amides is 1. The van der Waals surface area contributed by atoms with Gasteiger partial charge in [-0.15, -0.1) is 0 Å². The van der Waals surface area contributed by atoms with Crippen molar-refractivity contribution in [2.24, 2.45) is 4.99 Å². The molecule has 2 aromatic carbocycles. The van der Waals surface area contributed by atoms with Gasteiger partial charge in [0.05, 0.1) is 7.11 Å². The maximum Gasteiger partial charge on any atom is 0.224 e. The summed E-state index contributed by atoms with van der Waals surface area (Å²) in [5, 5.41) is 6.46. The Morgan fingerprint density at radius 2 is 1.81 bits per heavy atom. The lowest BCUT2D eigenvalue weighted by atomic mass is 10.1. The quantitative estimate of drug-likeness (QED) is 0.511. The second-order valence-electron chi connectivity index (χ2n) is 7.76. The molecule has 172 valence electrons. The van der Waals surface area contributed by atoms with Crippen molar-refractivity contribution < 1.29 is 13.9 Å². The number of aryl methyl sites for hydroxylation is 1.